The van der Waals surface area contributed by atoms with E-state index in [4.69, 9.17) is 4.86 Å². The molecule has 7 rings (SSSR count). The van der Waals surface area contributed by atoms with Gasteiger partial charge in [-0.3, -0.25) is 0 Å². The Balaban J connectivity index is 1.71. The van der Waals surface area contributed by atoms with Crippen LogP contribution in [-0.4, -0.2) is 20.8 Å². The molecule has 1 saturated heterocycles. The van der Waals surface area contributed by atoms with E-state index >= 15 is 0 Å². The molecule has 1 heterocycles. The third-order valence-corrected chi connectivity index (χ3v) is 19.3. The molecule has 0 amide bonds. The predicted octanol–water partition coefficient (Wildman–Crippen LogP) is 9.39. The van der Waals surface area contributed by atoms with Crippen LogP contribution in [0.25, 0.3) is 4.86 Å². The van der Waals surface area contributed by atoms with Crippen LogP contribution in [0.4, 0.5) is 11.4 Å². The molecular formula is C42H42BN3P2Se. The summed E-state index contributed by atoms with van der Waals surface area (Å²) < 4.78 is 5.40. The number of nitrogens with zero attached hydrogens (tertiary/aromatic N) is 3. The summed E-state index contributed by atoms with van der Waals surface area (Å²) in [7, 11) is -5.53. The molecule has 0 aromatic heterocycles. The zero-order valence-electron chi connectivity index (χ0n) is 29.1. The van der Waals surface area contributed by atoms with E-state index in [2.05, 4.69) is 212 Å². The van der Waals surface area contributed by atoms with Gasteiger partial charge in [-0.25, -0.2) is 0 Å². The fraction of sp³-hybridized carbons (Fsp3) is 0.143. The van der Waals surface area contributed by atoms with Crippen molar-refractivity contribution < 1.29 is 0 Å². The summed E-state index contributed by atoms with van der Waals surface area (Å²) in [6.07, 6.45) is 0. The molecule has 0 atom stereocenters. The molecule has 0 spiro atoms. The van der Waals surface area contributed by atoms with Gasteiger partial charge in [-0.15, -0.1) is 0 Å². The van der Waals surface area contributed by atoms with Crippen molar-refractivity contribution in [1.29, 1.82) is 0 Å². The van der Waals surface area contributed by atoms with E-state index in [0.717, 1.165) is 0 Å². The zero-order valence-corrected chi connectivity index (χ0v) is 32.6. The van der Waals surface area contributed by atoms with E-state index in [1.54, 1.807) is 0 Å². The molecule has 1 aliphatic rings. The molecule has 6 aromatic rings. The van der Waals surface area contributed by atoms with Crippen LogP contribution in [0, 0.1) is 41.5 Å². The Morgan fingerprint density at radius 2 is 0.673 bits per heavy atom. The minimum absolute atomic E-state index is 0.194. The minimum atomic E-state index is -2.77. The van der Waals surface area contributed by atoms with Gasteiger partial charge < -0.3 is 0 Å². The van der Waals surface area contributed by atoms with E-state index in [0.29, 0.717) is 0 Å². The van der Waals surface area contributed by atoms with Crippen LogP contribution >= 0.6 is 15.1 Å². The SMILES string of the molecule is Cc1cc(C)c(N2[B-](=[Se])N(c3c(C)cc(C)cc3C)[P+](c3ccccc3)(c3ccccc3)[N-][P+]2(c2ccccc2)c2ccccc2)c(C)c1. The van der Waals surface area contributed by atoms with Gasteiger partial charge in [0.1, 0.15) is 0 Å². The van der Waals surface area contributed by atoms with Crippen LogP contribution in [0.5, 0.6) is 0 Å². The van der Waals surface area contributed by atoms with Gasteiger partial charge in [-0.05, 0) is 0 Å². The average molecular weight is 741 g/mol. The Hall–Kier alpha value is -3.68. The second-order valence-corrected chi connectivity index (χ2v) is 20.1. The van der Waals surface area contributed by atoms with E-state index in [1.807, 2.05) is 0 Å². The fourth-order valence-electron chi connectivity index (χ4n) is 7.79. The normalized spacial score (nSPS) is 15.3. The summed E-state index contributed by atoms with van der Waals surface area (Å²) in [6.45, 7) is 13.5. The second kappa shape index (κ2) is 13.6. The Labute approximate surface area is 301 Å². The van der Waals surface area contributed by atoms with Crippen molar-refractivity contribution in [2.45, 2.75) is 41.5 Å². The maximum atomic E-state index is 6.66. The average Bonchev–Trinajstić information content (AvgIpc) is 3.10. The standard InChI is InChI=1S/C42H42BN3P2Se/c1-31-27-33(3)41(34(4)28-31)45-43(49)46(42-35(5)29-32(2)30-36(42)6)48(39-23-15-9-16-24-39,40-25-17-10-18-26-40)44-47(45,37-19-11-7-12-20-37)38-21-13-8-14-22-38/h7-30H,1-6H3. The van der Waals surface area contributed by atoms with Crippen molar-refractivity contribution in [2.24, 2.45) is 0 Å². The molecule has 0 unspecified atom stereocenters. The summed E-state index contributed by atoms with van der Waals surface area (Å²) >= 11 is 3.85. The van der Waals surface area contributed by atoms with E-state index < -0.39 is 15.1 Å². The summed E-state index contributed by atoms with van der Waals surface area (Å²) in [5.74, 6) is 0. The summed E-state index contributed by atoms with van der Waals surface area (Å²) in [4.78, 5) is 6.66. The Bertz CT molecular complexity index is 1870. The number of hydrogen-bond donors (Lipinski definition) is 0. The second-order valence-electron chi connectivity index (χ2n) is 13.1. The zero-order chi connectivity index (χ0) is 34.3. The van der Waals surface area contributed by atoms with Crippen molar-refractivity contribution in [3.8, 4) is 0 Å². The van der Waals surface area contributed by atoms with Gasteiger partial charge in [-0.2, -0.15) is 0 Å². The number of aryl methyl sites for hydroxylation is 6. The topological polar surface area (TPSA) is 20.6 Å². The molecule has 0 aliphatic carbocycles. The van der Waals surface area contributed by atoms with Crippen LogP contribution in [0.1, 0.15) is 33.4 Å². The molecule has 0 saturated carbocycles. The molecule has 1 aliphatic heterocycles. The molecule has 0 bridgehead atoms. The molecule has 1 fully saturated rings. The first kappa shape index (κ1) is 33.8. The van der Waals surface area contributed by atoms with Crippen molar-refractivity contribution >= 4 is 68.5 Å². The van der Waals surface area contributed by atoms with E-state index in [-0.39, 0.29) is 5.38 Å². The third-order valence-electron chi connectivity index (χ3n) is 9.49. The first-order chi connectivity index (χ1) is 23.7. The number of anilines is 2. The fourth-order valence-corrected chi connectivity index (χ4v) is 19.8. The summed E-state index contributed by atoms with van der Waals surface area (Å²) in [6, 6.07) is 53.8. The Morgan fingerprint density at radius 1 is 0.429 bits per heavy atom. The number of benzene rings is 6. The van der Waals surface area contributed by atoms with Gasteiger partial charge in [0.05, 0.1) is 0 Å². The third kappa shape index (κ3) is 5.67. The van der Waals surface area contributed by atoms with Crippen molar-refractivity contribution in [3.63, 3.8) is 0 Å². The molecule has 6 aromatic carbocycles. The number of hydrogen-bond acceptors (Lipinski definition) is 2. The van der Waals surface area contributed by atoms with Gasteiger partial charge in [0, 0.05) is 0 Å². The van der Waals surface area contributed by atoms with Crippen molar-refractivity contribution in [1.82, 2.24) is 0 Å². The van der Waals surface area contributed by atoms with Gasteiger partial charge in [-0.1, -0.05) is 0 Å². The van der Waals surface area contributed by atoms with Crippen LogP contribution < -0.4 is 30.4 Å². The van der Waals surface area contributed by atoms with E-state index in [9.17, 15) is 0 Å². The first-order valence-electron chi connectivity index (χ1n) is 16.8. The van der Waals surface area contributed by atoms with Crippen LogP contribution in [0.15, 0.2) is 146 Å². The Morgan fingerprint density at radius 3 is 0.918 bits per heavy atom. The summed E-state index contributed by atoms with van der Waals surface area (Å²) in [5.41, 5.74) is 10.0. The first-order valence-corrected chi connectivity index (χ1v) is 21.2. The van der Waals surface area contributed by atoms with Crippen molar-refractivity contribution in [2.75, 3.05) is 9.16 Å². The van der Waals surface area contributed by atoms with Crippen molar-refractivity contribution in [3.05, 3.63) is 184 Å². The molecular weight excluding hydrogens is 698 g/mol. The number of rotatable bonds is 6. The van der Waals surface area contributed by atoms with Gasteiger partial charge in [0.25, 0.3) is 0 Å². The molecule has 7 heteroatoms. The molecule has 0 radical (unpaired) electrons. The quantitative estimate of drug-likeness (QED) is 0.125. The molecule has 0 N–H and O–H groups in total. The van der Waals surface area contributed by atoms with Crippen LogP contribution in [0.2, 0.25) is 0 Å². The van der Waals surface area contributed by atoms with Crippen LogP contribution in [0.3, 0.4) is 0 Å². The molecule has 244 valence electrons. The maximum absolute atomic E-state index is 6.66. The van der Waals surface area contributed by atoms with Gasteiger partial charge in [0.15, 0.2) is 0 Å². The Kier molecular flexibility index (Phi) is 9.36. The van der Waals surface area contributed by atoms with Gasteiger partial charge >= 0.3 is 303 Å². The monoisotopic (exact) mass is 741 g/mol. The van der Waals surface area contributed by atoms with E-state index in [1.165, 1.54) is 66.0 Å². The molecule has 3 nitrogen and oxygen atoms in total. The summed E-state index contributed by atoms with van der Waals surface area (Å²) in [5, 5.41) is 4.78. The van der Waals surface area contributed by atoms with Gasteiger partial charge in [0.2, 0.25) is 0 Å². The predicted molar refractivity (Wildman–Crippen MR) is 219 cm³/mol. The molecule has 49 heavy (non-hydrogen) atoms. The van der Waals surface area contributed by atoms with Crippen LogP contribution in [-0.2, 0) is 0 Å².